The molecule has 0 radical (unpaired) electrons. The fourth-order valence-electron chi connectivity index (χ4n) is 2.40. The standard InChI is InChI=1S/C12H24N6/c1-2-3-6-18-12(14-15-16-18)10-17-7-4-11(9-13)5-8-17/h11H,2-10,13H2,1H3. The summed E-state index contributed by atoms with van der Waals surface area (Å²) in [7, 11) is 0. The third-order valence-corrected chi connectivity index (χ3v) is 3.74. The van der Waals surface area contributed by atoms with Crippen LogP contribution < -0.4 is 5.73 Å². The lowest BCUT2D eigenvalue weighted by Gasteiger charge is -2.30. The Bertz CT molecular complexity index is 342. The summed E-state index contributed by atoms with van der Waals surface area (Å²) in [5, 5.41) is 12.0. The summed E-state index contributed by atoms with van der Waals surface area (Å²) in [6, 6.07) is 0. The molecule has 1 aliphatic heterocycles. The molecule has 1 fully saturated rings. The second-order valence-electron chi connectivity index (χ2n) is 5.13. The van der Waals surface area contributed by atoms with E-state index in [9.17, 15) is 0 Å². The lowest BCUT2D eigenvalue weighted by molar-refractivity contribution is 0.174. The van der Waals surface area contributed by atoms with Crippen molar-refractivity contribution in [2.24, 2.45) is 11.7 Å². The van der Waals surface area contributed by atoms with Gasteiger partial charge in [-0.25, -0.2) is 4.68 Å². The summed E-state index contributed by atoms with van der Waals surface area (Å²) >= 11 is 0. The number of tetrazole rings is 1. The number of hydrogen-bond acceptors (Lipinski definition) is 5. The van der Waals surface area contributed by atoms with Gasteiger partial charge in [0.2, 0.25) is 0 Å². The maximum atomic E-state index is 5.71. The molecule has 0 aromatic carbocycles. The minimum absolute atomic E-state index is 0.706. The molecule has 0 bridgehead atoms. The Kier molecular flexibility index (Phi) is 5.07. The Hall–Kier alpha value is -1.01. The van der Waals surface area contributed by atoms with Gasteiger partial charge >= 0.3 is 0 Å². The van der Waals surface area contributed by atoms with Gasteiger partial charge in [0, 0.05) is 6.54 Å². The summed E-state index contributed by atoms with van der Waals surface area (Å²) < 4.78 is 1.94. The molecule has 0 unspecified atom stereocenters. The van der Waals surface area contributed by atoms with E-state index in [0.29, 0.717) is 5.92 Å². The number of nitrogens with zero attached hydrogens (tertiary/aromatic N) is 5. The van der Waals surface area contributed by atoms with Crippen molar-refractivity contribution in [2.75, 3.05) is 19.6 Å². The van der Waals surface area contributed by atoms with Gasteiger partial charge in [-0.15, -0.1) is 5.10 Å². The van der Waals surface area contributed by atoms with Crippen LogP contribution in [0.3, 0.4) is 0 Å². The lowest BCUT2D eigenvalue weighted by atomic mass is 9.97. The zero-order chi connectivity index (χ0) is 12.8. The molecular weight excluding hydrogens is 228 g/mol. The molecule has 18 heavy (non-hydrogen) atoms. The third-order valence-electron chi connectivity index (χ3n) is 3.74. The van der Waals surface area contributed by atoms with Crippen molar-refractivity contribution in [2.45, 2.75) is 45.7 Å². The predicted molar refractivity (Wildman–Crippen MR) is 69.8 cm³/mol. The average Bonchev–Trinajstić information content (AvgIpc) is 2.84. The molecule has 1 aromatic rings. The van der Waals surface area contributed by atoms with E-state index < -0.39 is 0 Å². The second-order valence-corrected chi connectivity index (χ2v) is 5.13. The highest BCUT2D eigenvalue weighted by atomic mass is 15.5. The Morgan fingerprint density at radius 3 is 2.78 bits per heavy atom. The number of aryl methyl sites for hydroxylation is 1. The van der Waals surface area contributed by atoms with Crippen molar-refractivity contribution in [3.05, 3.63) is 5.82 Å². The molecule has 1 aliphatic rings. The molecule has 2 rings (SSSR count). The molecule has 102 valence electrons. The average molecular weight is 252 g/mol. The summed E-state index contributed by atoms with van der Waals surface area (Å²) in [6.07, 6.45) is 4.70. The summed E-state index contributed by atoms with van der Waals surface area (Å²) in [5.74, 6) is 1.70. The third kappa shape index (κ3) is 3.49. The molecule has 6 heteroatoms. The van der Waals surface area contributed by atoms with Gasteiger partial charge in [0.15, 0.2) is 5.82 Å². The van der Waals surface area contributed by atoms with Crippen molar-refractivity contribution in [1.29, 1.82) is 0 Å². The number of piperidine rings is 1. The zero-order valence-corrected chi connectivity index (χ0v) is 11.3. The first-order valence-electron chi connectivity index (χ1n) is 7.01. The normalized spacial score (nSPS) is 18.3. The van der Waals surface area contributed by atoms with Crippen LogP contribution in [-0.4, -0.2) is 44.7 Å². The smallest absolute Gasteiger partial charge is 0.165 e. The van der Waals surface area contributed by atoms with Gasteiger partial charge in [-0.3, -0.25) is 4.90 Å². The monoisotopic (exact) mass is 252 g/mol. The summed E-state index contributed by atoms with van der Waals surface area (Å²) in [4.78, 5) is 2.43. The van der Waals surface area contributed by atoms with E-state index in [4.69, 9.17) is 5.73 Å². The van der Waals surface area contributed by atoms with Crippen molar-refractivity contribution in [3.63, 3.8) is 0 Å². The first kappa shape index (κ1) is 13.4. The number of unbranched alkanes of at least 4 members (excludes halogenated alkanes) is 1. The van der Waals surface area contributed by atoms with Crippen LogP contribution in [0.5, 0.6) is 0 Å². The number of nitrogens with two attached hydrogens (primary N) is 1. The van der Waals surface area contributed by atoms with Crippen LogP contribution in [0.25, 0.3) is 0 Å². The van der Waals surface area contributed by atoms with E-state index in [1.165, 1.54) is 19.3 Å². The highest BCUT2D eigenvalue weighted by molar-refractivity contribution is 4.83. The van der Waals surface area contributed by atoms with Gasteiger partial charge in [0.05, 0.1) is 6.54 Å². The van der Waals surface area contributed by atoms with E-state index >= 15 is 0 Å². The molecular formula is C12H24N6. The van der Waals surface area contributed by atoms with E-state index in [-0.39, 0.29) is 0 Å². The topological polar surface area (TPSA) is 72.9 Å². The van der Waals surface area contributed by atoms with Crippen LogP contribution in [0.1, 0.15) is 38.4 Å². The Balaban J connectivity index is 1.84. The molecule has 6 nitrogen and oxygen atoms in total. The fraction of sp³-hybridized carbons (Fsp3) is 0.917. The van der Waals surface area contributed by atoms with Gasteiger partial charge in [-0.2, -0.15) is 0 Å². The second kappa shape index (κ2) is 6.80. The van der Waals surface area contributed by atoms with E-state index in [1.807, 2.05) is 4.68 Å². The van der Waals surface area contributed by atoms with Crippen LogP contribution in [0, 0.1) is 5.92 Å². The maximum absolute atomic E-state index is 5.71. The number of hydrogen-bond donors (Lipinski definition) is 1. The van der Waals surface area contributed by atoms with Crippen LogP contribution in [-0.2, 0) is 13.1 Å². The van der Waals surface area contributed by atoms with Crippen LogP contribution in [0.15, 0.2) is 0 Å². The molecule has 0 atom stereocenters. The first-order valence-corrected chi connectivity index (χ1v) is 7.01. The number of rotatable bonds is 6. The molecule has 0 spiro atoms. The minimum Gasteiger partial charge on any atom is -0.330 e. The van der Waals surface area contributed by atoms with Gasteiger partial charge < -0.3 is 5.73 Å². The molecule has 0 aliphatic carbocycles. The lowest BCUT2D eigenvalue weighted by Crippen LogP contribution is -2.36. The van der Waals surface area contributed by atoms with E-state index in [2.05, 4.69) is 27.3 Å². The van der Waals surface area contributed by atoms with Crippen molar-refractivity contribution in [3.8, 4) is 0 Å². The quantitative estimate of drug-likeness (QED) is 0.804. The molecule has 1 saturated heterocycles. The van der Waals surface area contributed by atoms with Gasteiger partial charge in [0.25, 0.3) is 0 Å². The van der Waals surface area contributed by atoms with Crippen molar-refractivity contribution >= 4 is 0 Å². The molecule has 2 heterocycles. The molecule has 0 saturated carbocycles. The molecule has 2 N–H and O–H groups in total. The number of aromatic nitrogens is 4. The SMILES string of the molecule is CCCCn1nnnc1CN1CCC(CN)CC1. The molecule has 1 aromatic heterocycles. The van der Waals surface area contributed by atoms with Crippen LogP contribution in [0.2, 0.25) is 0 Å². The predicted octanol–water partition coefficient (Wildman–Crippen LogP) is 0.644. The van der Waals surface area contributed by atoms with Gasteiger partial charge in [0.1, 0.15) is 0 Å². The first-order chi connectivity index (χ1) is 8.83. The Morgan fingerprint density at radius 2 is 2.11 bits per heavy atom. The number of likely N-dealkylation sites (tertiary alicyclic amines) is 1. The maximum Gasteiger partial charge on any atom is 0.165 e. The van der Waals surface area contributed by atoms with Gasteiger partial charge in [-0.05, 0) is 55.2 Å². The zero-order valence-electron chi connectivity index (χ0n) is 11.3. The van der Waals surface area contributed by atoms with Crippen LogP contribution in [0.4, 0.5) is 0 Å². The van der Waals surface area contributed by atoms with Crippen molar-refractivity contribution < 1.29 is 0 Å². The minimum atomic E-state index is 0.706. The van der Waals surface area contributed by atoms with E-state index in [1.54, 1.807) is 0 Å². The van der Waals surface area contributed by atoms with Crippen LogP contribution >= 0.6 is 0 Å². The fourth-order valence-corrected chi connectivity index (χ4v) is 2.40. The largest absolute Gasteiger partial charge is 0.330 e. The summed E-state index contributed by atoms with van der Waals surface area (Å²) in [6.45, 7) is 7.03. The Morgan fingerprint density at radius 1 is 1.33 bits per heavy atom. The molecule has 0 amide bonds. The van der Waals surface area contributed by atoms with Gasteiger partial charge in [-0.1, -0.05) is 13.3 Å². The highest BCUT2D eigenvalue weighted by Crippen LogP contribution is 2.17. The van der Waals surface area contributed by atoms with E-state index in [0.717, 1.165) is 45.0 Å². The Labute approximate surface area is 109 Å². The highest BCUT2D eigenvalue weighted by Gasteiger charge is 2.19. The van der Waals surface area contributed by atoms with Crippen molar-refractivity contribution in [1.82, 2.24) is 25.1 Å². The summed E-state index contributed by atoms with van der Waals surface area (Å²) in [5.41, 5.74) is 5.71.